The van der Waals surface area contributed by atoms with Crippen molar-refractivity contribution in [2.45, 2.75) is 38.8 Å². The van der Waals surface area contributed by atoms with Gasteiger partial charge in [0.15, 0.2) is 11.5 Å². The zero-order valence-corrected chi connectivity index (χ0v) is 11.4. The third-order valence-electron chi connectivity index (χ3n) is 3.66. The summed E-state index contributed by atoms with van der Waals surface area (Å²) in [5.74, 6) is 1.39. The normalized spacial score (nSPS) is 13.8. The van der Waals surface area contributed by atoms with E-state index in [2.05, 4.69) is 5.32 Å². The van der Waals surface area contributed by atoms with E-state index in [0.29, 0.717) is 37.4 Å². The number of hydrogen-bond acceptors (Lipinski definition) is 5. The lowest BCUT2D eigenvalue weighted by molar-refractivity contribution is 0.0322. The van der Waals surface area contributed by atoms with E-state index in [1.807, 2.05) is 13.8 Å². The Balaban J connectivity index is 1.97. The van der Waals surface area contributed by atoms with E-state index >= 15 is 0 Å². The molecular formula is C14H21NO4. The predicted octanol–water partition coefficient (Wildman–Crippen LogP) is 1.76. The van der Waals surface area contributed by atoms with Crippen LogP contribution in [0.2, 0.25) is 0 Å². The molecule has 5 nitrogen and oxygen atoms in total. The van der Waals surface area contributed by atoms with Crippen molar-refractivity contribution in [2.24, 2.45) is 0 Å². The molecule has 1 heterocycles. The number of aromatic hydroxyl groups is 1. The van der Waals surface area contributed by atoms with Crippen LogP contribution in [0.5, 0.6) is 17.2 Å². The molecule has 0 saturated carbocycles. The monoisotopic (exact) mass is 267 g/mol. The maximum absolute atomic E-state index is 10.2. The Morgan fingerprint density at radius 3 is 2.47 bits per heavy atom. The number of fused-ring (bicyclic) bond motifs is 1. The summed E-state index contributed by atoms with van der Waals surface area (Å²) in [7, 11) is 0. The second-order valence-corrected chi connectivity index (χ2v) is 4.87. The van der Waals surface area contributed by atoms with Crippen LogP contribution < -0.4 is 14.8 Å². The molecule has 0 atom stereocenters. The number of benzene rings is 1. The number of nitrogens with one attached hydrogen (secondary N) is 1. The molecule has 1 aliphatic rings. The minimum atomic E-state index is -0.689. The smallest absolute Gasteiger partial charge is 0.231 e. The van der Waals surface area contributed by atoms with E-state index in [4.69, 9.17) is 9.47 Å². The lowest BCUT2D eigenvalue weighted by Crippen LogP contribution is -2.39. The molecule has 0 aromatic heterocycles. The molecule has 1 aromatic rings. The number of phenols is 1. The zero-order valence-electron chi connectivity index (χ0n) is 11.4. The van der Waals surface area contributed by atoms with Crippen molar-refractivity contribution in [1.29, 1.82) is 0 Å². The number of ether oxygens (including phenoxy) is 2. The van der Waals surface area contributed by atoms with Crippen molar-refractivity contribution in [3.05, 3.63) is 17.7 Å². The summed E-state index contributed by atoms with van der Waals surface area (Å²) >= 11 is 0. The van der Waals surface area contributed by atoms with Gasteiger partial charge < -0.3 is 25.0 Å². The second kappa shape index (κ2) is 5.67. The summed E-state index contributed by atoms with van der Waals surface area (Å²) in [6.07, 6.45) is 1.40. The molecule has 19 heavy (non-hydrogen) atoms. The van der Waals surface area contributed by atoms with Crippen LogP contribution in [0.15, 0.2) is 12.1 Å². The van der Waals surface area contributed by atoms with Gasteiger partial charge >= 0.3 is 0 Å². The van der Waals surface area contributed by atoms with Gasteiger partial charge in [-0.25, -0.2) is 0 Å². The predicted molar refractivity (Wildman–Crippen MR) is 71.5 cm³/mol. The summed E-state index contributed by atoms with van der Waals surface area (Å²) in [4.78, 5) is 0. The Hall–Kier alpha value is -1.46. The van der Waals surface area contributed by atoms with Crippen molar-refractivity contribution in [3.8, 4) is 17.2 Å². The SMILES string of the molecule is CCC(O)(CC)CNCc1cc2c(cc1O)OCO2. The largest absolute Gasteiger partial charge is 0.507 e. The molecule has 0 unspecified atom stereocenters. The van der Waals surface area contributed by atoms with E-state index in [-0.39, 0.29) is 12.5 Å². The number of phenolic OH excluding ortho intramolecular Hbond substituents is 1. The molecule has 3 N–H and O–H groups in total. The van der Waals surface area contributed by atoms with Crippen LogP contribution in [0.25, 0.3) is 0 Å². The fourth-order valence-corrected chi connectivity index (χ4v) is 2.04. The maximum atomic E-state index is 10.2. The van der Waals surface area contributed by atoms with Crippen molar-refractivity contribution in [2.75, 3.05) is 13.3 Å². The molecule has 1 aromatic carbocycles. The van der Waals surface area contributed by atoms with Crippen molar-refractivity contribution in [1.82, 2.24) is 5.32 Å². The van der Waals surface area contributed by atoms with E-state index in [1.165, 1.54) is 0 Å². The summed E-state index contributed by atoms with van der Waals surface area (Å²) in [5, 5.41) is 23.2. The van der Waals surface area contributed by atoms with Gasteiger partial charge in [-0.05, 0) is 18.9 Å². The standard InChI is InChI=1S/C14H21NO4/c1-3-14(17,4-2)8-15-7-10-5-12-13(6-11(10)16)19-9-18-12/h5-6,15-17H,3-4,7-9H2,1-2H3. The molecule has 0 amide bonds. The molecule has 1 aliphatic heterocycles. The minimum absolute atomic E-state index is 0.174. The van der Waals surface area contributed by atoms with Crippen LogP contribution in [0.3, 0.4) is 0 Å². The highest BCUT2D eigenvalue weighted by Gasteiger charge is 2.22. The molecule has 0 fully saturated rings. The van der Waals surface area contributed by atoms with Gasteiger partial charge in [-0.15, -0.1) is 0 Å². The molecule has 0 aliphatic carbocycles. The lowest BCUT2D eigenvalue weighted by atomic mass is 9.97. The van der Waals surface area contributed by atoms with Gasteiger partial charge in [0.2, 0.25) is 6.79 Å². The van der Waals surface area contributed by atoms with Crippen LogP contribution in [-0.2, 0) is 6.54 Å². The van der Waals surface area contributed by atoms with Crippen molar-refractivity contribution < 1.29 is 19.7 Å². The zero-order chi connectivity index (χ0) is 13.9. The second-order valence-electron chi connectivity index (χ2n) is 4.87. The Labute approximate surface area is 113 Å². The van der Waals surface area contributed by atoms with Gasteiger partial charge in [0.05, 0.1) is 5.60 Å². The van der Waals surface area contributed by atoms with Gasteiger partial charge in [0.1, 0.15) is 5.75 Å². The highest BCUT2D eigenvalue weighted by molar-refractivity contribution is 5.51. The Morgan fingerprint density at radius 1 is 1.21 bits per heavy atom. The van der Waals surface area contributed by atoms with Gasteiger partial charge in [-0.1, -0.05) is 13.8 Å². The van der Waals surface area contributed by atoms with Gasteiger partial charge in [0.25, 0.3) is 0 Å². The van der Waals surface area contributed by atoms with Crippen LogP contribution in [0.1, 0.15) is 32.3 Å². The summed E-state index contributed by atoms with van der Waals surface area (Å²) in [6, 6.07) is 3.33. The average molecular weight is 267 g/mol. The lowest BCUT2D eigenvalue weighted by Gasteiger charge is -2.25. The minimum Gasteiger partial charge on any atom is -0.507 e. The highest BCUT2D eigenvalue weighted by Crippen LogP contribution is 2.37. The highest BCUT2D eigenvalue weighted by atomic mass is 16.7. The van der Waals surface area contributed by atoms with E-state index < -0.39 is 5.60 Å². The third-order valence-corrected chi connectivity index (χ3v) is 3.66. The van der Waals surface area contributed by atoms with E-state index in [9.17, 15) is 10.2 Å². The maximum Gasteiger partial charge on any atom is 0.231 e. The van der Waals surface area contributed by atoms with Crippen molar-refractivity contribution in [3.63, 3.8) is 0 Å². The topological polar surface area (TPSA) is 71.0 Å². The third kappa shape index (κ3) is 3.11. The molecule has 106 valence electrons. The van der Waals surface area contributed by atoms with Crippen molar-refractivity contribution >= 4 is 0 Å². The first-order valence-electron chi connectivity index (χ1n) is 6.62. The Morgan fingerprint density at radius 2 is 1.84 bits per heavy atom. The van der Waals surface area contributed by atoms with Crippen LogP contribution in [0.4, 0.5) is 0 Å². The number of hydrogen-bond donors (Lipinski definition) is 3. The Bertz CT molecular complexity index is 443. The Kier molecular flexibility index (Phi) is 4.17. The van der Waals surface area contributed by atoms with Gasteiger partial charge in [0, 0.05) is 24.7 Å². The first-order chi connectivity index (χ1) is 9.08. The van der Waals surface area contributed by atoms with E-state index in [0.717, 1.165) is 5.56 Å². The fraction of sp³-hybridized carbons (Fsp3) is 0.571. The molecule has 0 saturated heterocycles. The van der Waals surface area contributed by atoms with Gasteiger partial charge in [-0.2, -0.15) is 0 Å². The molecule has 0 radical (unpaired) electrons. The fourth-order valence-electron chi connectivity index (χ4n) is 2.04. The first kappa shape index (κ1) is 14.0. The molecule has 2 rings (SSSR count). The van der Waals surface area contributed by atoms with Gasteiger partial charge in [-0.3, -0.25) is 0 Å². The molecule has 5 heteroatoms. The van der Waals surface area contributed by atoms with Crippen LogP contribution in [0, 0.1) is 0 Å². The first-order valence-corrected chi connectivity index (χ1v) is 6.62. The number of rotatable bonds is 6. The summed E-state index contributed by atoms with van der Waals surface area (Å²) in [6.45, 7) is 5.09. The quantitative estimate of drug-likeness (QED) is 0.732. The average Bonchev–Trinajstić information content (AvgIpc) is 2.85. The number of aliphatic hydroxyl groups is 1. The van der Waals surface area contributed by atoms with Crippen LogP contribution in [-0.4, -0.2) is 29.2 Å². The molecule has 0 bridgehead atoms. The molecular weight excluding hydrogens is 246 g/mol. The van der Waals surface area contributed by atoms with Crippen LogP contribution >= 0.6 is 0 Å². The summed E-state index contributed by atoms with van der Waals surface area (Å²) in [5.41, 5.74) is 0.0465. The molecule has 0 spiro atoms. The van der Waals surface area contributed by atoms with E-state index in [1.54, 1.807) is 12.1 Å². The summed E-state index contributed by atoms with van der Waals surface area (Å²) < 4.78 is 10.5.